The van der Waals surface area contributed by atoms with Gasteiger partial charge in [-0.3, -0.25) is 0 Å². The molecular formula is C19H18BrN. The molecule has 2 atom stereocenters. The van der Waals surface area contributed by atoms with Gasteiger partial charge in [-0.15, -0.1) is 0 Å². The van der Waals surface area contributed by atoms with Gasteiger partial charge in [-0.2, -0.15) is 0 Å². The Balaban J connectivity index is 1.91. The molecule has 0 spiro atoms. The van der Waals surface area contributed by atoms with Gasteiger partial charge in [-0.25, -0.2) is 0 Å². The summed E-state index contributed by atoms with van der Waals surface area (Å²) in [6.45, 7) is 2.31. The first-order valence-electron chi connectivity index (χ1n) is 7.60. The molecule has 21 heavy (non-hydrogen) atoms. The zero-order valence-corrected chi connectivity index (χ0v) is 13.7. The van der Waals surface area contributed by atoms with Crippen LogP contribution in [-0.2, 0) is 0 Å². The summed E-state index contributed by atoms with van der Waals surface area (Å²) in [7, 11) is 0. The maximum atomic E-state index is 3.63. The van der Waals surface area contributed by atoms with E-state index in [1.54, 1.807) is 0 Å². The van der Waals surface area contributed by atoms with Crippen LogP contribution in [0.1, 0.15) is 31.2 Å². The molecule has 3 aliphatic rings. The Labute approximate surface area is 134 Å². The predicted molar refractivity (Wildman–Crippen MR) is 92.2 cm³/mol. The second-order valence-corrected chi connectivity index (χ2v) is 6.88. The van der Waals surface area contributed by atoms with E-state index in [9.17, 15) is 0 Å². The number of allylic oxidation sites excluding steroid dienone is 7. The number of rotatable bonds is 1. The summed E-state index contributed by atoms with van der Waals surface area (Å²) < 4.78 is 1.14. The molecule has 1 heterocycles. The number of anilines is 1. The minimum atomic E-state index is 0.481. The zero-order valence-electron chi connectivity index (χ0n) is 12.1. The third-order valence-corrected chi connectivity index (χ3v) is 5.08. The van der Waals surface area contributed by atoms with Crippen molar-refractivity contribution >= 4 is 21.6 Å². The van der Waals surface area contributed by atoms with Crippen molar-refractivity contribution in [3.63, 3.8) is 0 Å². The molecule has 0 aromatic heterocycles. The third kappa shape index (κ3) is 2.04. The number of hydrogen-bond acceptors (Lipinski definition) is 1. The molecule has 2 aliphatic carbocycles. The van der Waals surface area contributed by atoms with Crippen molar-refractivity contribution < 1.29 is 0 Å². The van der Waals surface area contributed by atoms with E-state index in [4.69, 9.17) is 0 Å². The van der Waals surface area contributed by atoms with E-state index in [1.807, 2.05) is 0 Å². The summed E-state index contributed by atoms with van der Waals surface area (Å²) in [4.78, 5) is 2.44. The number of nitrogens with zero attached hydrogens (tertiary/aromatic N) is 1. The highest BCUT2D eigenvalue weighted by Gasteiger charge is 2.38. The molecule has 106 valence electrons. The fourth-order valence-electron chi connectivity index (χ4n) is 3.64. The van der Waals surface area contributed by atoms with Crippen LogP contribution in [0.2, 0.25) is 0 Å². The summed E-state index contributed by atoms with van der Waals surface area (Å²) in [5, 5.41) is 0. The molecule has 0 fully saturated rings. The first kappa shape index (κ1) is 13.1. The molecule has 1 nitrogen and oxygen atoms in total. The van der Waals surface area contributed by atoms with Gasteiger partial charge in [-0.05, 0) is 48.6 Å². The van der Waals surface area contributed by atoms with Crippen LogP contribution >= 0.6 is 15.9 Å². The van der Waals surface area contributed by atoms with Crippen LogP contribution in [0.25, 0.3) is 0 Å². The monoisotopic (exact) mass is 339 g/mol. The number of benzene rings is 1. The second kappa shape index (κ2) is 5.03. The average Bonchev–Trinajstić information content (AvgIpc) is 2.82. The van der Waals surface area contributed by atoms with E-state index in [1.165, 1.54) is 22.6 Å². The number of fused-ring (bicyclic) bond motifs is 3. The highest BCUT2D eigenvalue weighted by molar-refractivity contribution is 9.10. The van der Waals surface area contributed by atoms with Gasteiger partial charge in [0.25, 0.3) is 0 Å². The van der Waals surface area contributed by atoms with Gasteiger partial charge in [0, 0.05) is 21.8 Å². The molecule has 0 saturated carbocycles. The van der Waals surface area contributed by atoms with Gasteiger partial charge < -0.3 is 4.90 Å². The van der Waals surface area contributed by atoms with Gasteiger partial charge in [-0.1, -0.05) is 53.2 Å². The smallest absolute Gasteiger partial charge is 0.0508 e. The molecule has 0 bridgehead atoms. The van der Waals surface area contributed by atoms with Crippen LogP contribution in [0.4, 0.5) is 5.69 Å². The second-order valence-electron chi connectivity index (χ2n) is 5.96. The van der Waals surface area contributed by atoms with E-state index in [0.717, 1.165) is 17.3 Å². The summed E-state index contributed by atoms with van der Waals surface area (Å²) in [6.07, 6.45) is 16.0. The molecular weight excluding hydrogens is 322 g/mol. The number of hydrogen-bond donors (Lipinski definition) is 0. The quantitative estimate of drug-likeness (QED) is 0.636. The highest BCUT2D eigenvalue weighted by Crippen LogP contribution is 2.51. The average molecular weight is 340 g/mol. The summed E-state index contributed by atoms with van der Waals surface area (Å²) in [5.41, 5.74) is 5.50. The normalized spacial score (nSPS) is 26.3. The standard InChI is InChI=1S/C19H18BrN/c1-13-6-5-9-17-19(13)16-11-10-14(20)12-18(16)21(17)15-7-3-2-4-8-15/h3,5-13,19H,2,4H2,1H3. The van der Waals surface area contributed by atoms with Crippen LogP contribution in [0, 0.1) is 5.92 Å². The van der Waals surface area contributed by atoms with E-state index in [-0.39, 0.29) is 0 Å². The lowest BCUT2D eigenvalue weighted by molar-refractivity contribution is 0.616. The third-order valence-electron chi connectivity index (χ3n) is 4.59. The minimum Gasteiger partial charge on any atom is -0.314 e. The lowest BCUT2D eigenvalue weighted by atomic mass is 9.84. The molecule has 1 aromatic carbocycles. The predicted octanol–water partition coefficient (Wildman–Crippen LogP) is 5.68. The Morgan fingerprint density at radius 3 is 2.95 bits per heavy atom. The molecule has 2 unspecified atom stereocenters. The first-order valence-corrected chi connectivity index (χ1v) is 8.39. The van der Waals surface area contributed by atoms with E-state index in [0.29, 0.717) is 11.8 Å². The number of halogens is 1. The van der Waals surface area contributed by atoms with Gasteiger partial charge in [0.05, 0.1) is 5.69 Å². The van der Waals surface area contributed by atoms with Crippen molar-refractivity contribution in [2.24, 2.45) is 5.92 Å². The van der Waals surface area contributed by atoms with Crippen LogP contribution in [0.3, 0.4) is 0 Å². The molecule has 1 aliphatic heterocycles. The van der Waals surface area contributed by atoms with E-state index < -0.39 is 0 Å². The lowest BCUT2D eigenvalue weighted by Gasteiger charge is -2.28. The molecule has 2 heteroatoms. The maximum absolute atomic E-state index is 3.63. The molecule has 0 radical (unpaired) electrons. The van der Waals surface area contributed by atoms with Gasteiger partial charge in [0.2, 0.25) is 0 Å². The Hall–Kier alpha value is -1.54. The van der Waals surface area contributed by atoms with Crippen LogP contribution in [0.15, 0.2) is 70.5 Å². The van der Waals surface area contributed by atoms with Gasteiger partial charge in [0.15, 0.2) is 0 Å². The summed E-state index contributed by atoms with van der Waals surface area (Å²) >= 11 is 3.63. The Kier molecular flexibility index (Phi) is 3.15. The Morgan fingerprint density at radius 1 is 1.24 bits per heavy atom. The summed E-state index contributed by atoms with van der Waals surface area (Å²) in [6, 6.07) is 6.70. The van der Waals surface area contributed by atoms with Crippen molar-refractivity contribution in [3.8, 4) is 0 Å². The van der Waals surface area contributed by atoms with Crippen LogP contribution in [0.5, 0.6) is 0 Å². The molecule has 0 amide bonds. The van der Waals surface area contributed by atoms with E-state index in [2.05, 4.69) is 82.4 Å². The molecule has 0 saturated heterocycles. The van der Waals surface area contributed by atoms with Crippen molar-refractivity contribution in [2.45, 2.75) is 25.7 Å². The largest absolute Gasteiger partial charge is 0.314 e. The fourth-order valence-corrected chi connectivity index (χ4v) is 3.98. The van der Waals surface area contributed by atoms with Crippen LogP contribution < -0.4 is 4.90 Å². The molecule has 0 N–H and O–H groups in total. The van der Waals surface area contributed by atoms with E-state index >= 15 is 0 Å². The first-order chi connectivity index (χ1) is 10.3. The van der Waals surface area contributed by atoms with Crippen molar-refractivity contribution in [1.29, 1.82) is 0 Å². The van der Waals surface area contributed by atoms with Crippen LogP contribution in [-0.4, -0.2) is 0 Å². The van der Waals surface area contributed by atoms with Gasteiger partial charge in [0.1, 0.15) is 0 Å². The van der Waals surface area contributed by atoms with Gasteiger partial charge >= 0.3 is 0 Å². The minimum absolute atomic E-state index is 0.481. The topological polar surface area (TPSA) is 3.24 Å². The highest BCUT2D eigenvalue weighted by atomic mass is 79.9. The Bertz CT molecular complexity index is 708. The summed E-state index contributed by atoms with van der Waals surface area (Å²) in [5.74, 6) is 1.03. The molecule has 4 rings (SSSR count). The fraction of sp³-hybridized carbons (Fsp3) is 0.263. The molecule has 1 aromatic rings. The zero-order chi connectivity index (χ0) is 14.4. The lowest BCUT2D eigenvalue weighted by Crippen LogP contribution is -2.22. The Morgan fingerprint density at radius 2 is 2.14 bits per heavy atom. The maximum Gasteiger partial charge on any atom is 0.0508 e. The SMILES string of the molecule is CC1C=CC=C2C1c1ccc(Br)cc1N2C1=CCCC=C1. The van der Waals surface area contributed by atoms with Crippen molar-refractivity contribution in [2.75, 3.05) is 4.90 Å². The van der Waals surface area contributed by atoms with Crippen molar-refractivity contribution in [3.05, 3.63) is 76.1 Å². The van der Waals surface area contributed by atoms with Crippen molar-refractivity contribution in [1.82, 2.24) is 0 Å².